The maximum atomic E-state index is 13.3. The number of thiazole rings is 1. The Balaban J connectivity index is 2.47. The van der Waals surface area contributed by atoms with Gasteiger partial charge in [0.1, 0.15) is 5.82 Å². The predicted octanol–water partition coefficient (Wildman–Crippen LogP) is 2.65. The summed E-state index contributed by atoms with van der Waals surface area (Å²) >= 11 is 1.37. The van der Waals surface area contributed by atoms with Crippen molar-refractivity contribution in [3.05, 3.63) is 41.3 Å². The van der Waals surface area contributed by atoms with Gasteiger partial charge in [-0.2, -0.15) is 0 Å². The minimum Gasteiger partial charge on any atom is -0.478 e. The Labute approximate surface area is 88.8 Å². The van der Waals surface area contributed by atoms with Gasteiger partial charge in [0, 0.05) is 6.20 Å². The van der Waals surface area contributed by atoms with Crippen molar-refractivity contribution in [3.8, 4) is 10.4 Å². The SMILES string of the molecule is O=C(O)c1ccc(-c2cncs2)cc1F. The van der Waals surface area contributed by atoms with Gasteiger partial charge in [-0.15, -0.1) is 11.3 Å². The van der Waals surface area contributed by atoms with Gasteiger partial charge in [-0.1, -0.05) is 6.07 Å². The fourth-order valence-electron chi connectivity index (χ4n) is 1.20. The number of carboxylic acid groups (broad SMARTS) is 1. The molecule has 1 N–H and O–H groups in total. The summed E-state index contributed by atoms with van der Waals surface area (Å²) in [6.45, 7) is 0. The average molecular weight is 223 g/mol. The van der Waals surface area contributed by atoms with E-state index in [4.69, 9.17) is 5.11 Å². The van der Waals surface area contributed by atoms with E-state index in [9.17, 15) is 9.18 Å². The maximum absolute atomic E-state index is 13.3. The molecule has 0 bridgehead atoms. The standard InChI is InChI=1S/C10H6FNO2S/c11-8-3-6(9-4-12-5-15-9)1-2-7(8)10(13)14/h1-5H,(H,13,14). The number of hydrogen-bond donors (Lipinski definition) is 1. The first-order valence-corrected chi connectivity index (χ1v) is 4.98. The van der Waals surface area contributed by atoms with Crippen LogP contribution in [0.25, 0.3) is 10.4 Å². The van der Waals surface area contributed by atoms with Gasteiger partial charge in [-0.3, -0.25) is 4.98 Å². The Morgan fingerprint density at radius 2 is 2.27 bits per heavy atom. The van der Waals surface area contributed by atoms with Crippen LogP contribution in [0.3, 0.4) is 0 Å². The van der Waals surface area contributed by atoms with Gasteiger partial charge in [-0.05, 0) is 17.7 Å². The number of halogens is 1. The van der Waals surface area contributed by atoms with Crippen molar-refractivity contribution in [2.24, 2.45) is 0 Å². The van der Waals surface area contributed by atoms with Crippen molar-refractivity contribution in [2.45, 2.75) is 0 Å². The third kappa shape index (κ3) is 1.87. The van der Waals surface area contributed by atoms with E-state index in [1.165, 1.54) is 23.5 Å². The van der Waals surface area contributed by atoms with E-state index in [1.54, 1.807) is 17.8 Å². The lowest BCUT2D eigenvalue weighted by atomic mass is 10.1. The van der Waals surface area contributed by atoms with E-state index in [0.717, 1.165) is 4.88 Å². The maximum Gasteiger partial charge on any atom is 0.338 e. The van der Waals surface area contributed by atoms with Crippen LogP contribution in [-0.4, -0.2) is 16.1 Å². The third-order valence-corrected chi connectivity index (χ3v) is 2.74. The molecule has 0 saturated carbocycles. The molecule has 0 unspecified atom stereocenters. The predicted molar refractivity (Wildman–Crippen MR) is 54.5 cm³/mol. The number of carboxylic acids is 1. The van der Waals surface area contributed by atoms with Gasteiger partial charge < -0.3 is 5.11 Å². The minimum atomic E-state index is -1.26. The molecule has 76 valence electrons. The lowest BCUT2D eigenvalue weighted by Crippen LogP contribution is -1.99. The van der Waals surface area contributed by atoms with Gasteiger partial charge in [0.15, 0.2) is 0 Å². The molecular formula is C10H6FNO2S. The lowest BCUT2D eigenvalue weighted by molar-refractivity contribution is 0.0692. The van der Waals surface area contributed by atoms with Gasteiger partial charge in [-0.25, -0.2) is 9.18 Å². The molecule has 2 rings (SSSR count). The molecule has 0 radical (unpaired) electrons. The molecule has 0 atom stereocenters. The topological polar surface area (TPSA) is 50.2 Å². The fraction of sp³-hybridized carbons (Fsp3) is 0. The molecule has 15 heavy (non-hydrogen) atoms. The zero-order valence-corrected chi connectivity index (χ0v) is 8.29. The summed E-state index contributed by atoms with van der Waals surface area (Å²) in [7, 11) is 0. The van der Waals surface area contributed by atoms with Crippen molar-refractivity contribution < 1.29 is 14.3 Å². The zero-order chi connectivity index (χ0) is 10.8. The molecular weight excluding hydrogens is 217 g/mol. The summed E-state index contributed by atoms with van der Waals surface area (Å²) in [5.74, 6) is -1.99. The van der Waals surface area contributed by atoms with E-state index < -0.39 is 11.8 Å². The summed E-state index contributed by atoms with van der Waals surface area (Å²) in [6, 6.07) is 4.03. The van der Waals surface area contributed by atoms with Crippen LogP contribution in [0, 0.1) is 5.82 Å². The second-order valence-electron chi connectivity index (χ2n) is 2.87. The van der Waals surface area contributed by atoms with Crippen LogP contribution in [0.4, 0.5) is 4.39 Å². The Kier molecular flexibility index (Phi) is 2.47. The lowest BCUT2D eigenvalue weighted by Gasteiger charge is -2.00. The second-order valence-corrected chi connectivity index (χ2v) is 3.75. The van der Waals surface area contributed by atoms with Crippen LogP contribution in [0.15, 0.2) is 29.9 Å². The first-order chi connectivity index (χ1) is 7.18. The van der Waals surface area contributed by atoms with E-state index >= 15 is 0 Å². The van der Waals surface area contributed by atoms with Crippen LogP contribution in [0.1, 0.15) is 10.4 Å². The molecule has 0 spiro atoms. The molecule has 0 amide bonds. The average Bonchev–Trinajstić information content (AvgIpc) is 2.69. The highest BCUT2D eigenvalue weighted by molar-refractivity contribution is 7.13. The molecule has 0 aliphatic heterocycles. The summed E-state index contributed by atoms with van der Waals surface area (Å²) in [5, 5.41) is 8.64. The van der Waals surface area contributed by atoms with Gasteiger partial charge in [0.05, 0.1) is 16.0 Å². The number of aromatic carboxylic acids is 1. The number of hydrogen-bond acceptors (Lipinski definition) is 3. The highest BCUT2D eigenvalue weighted by Crippen LogP contribution is 2.24. The second kappa shape index (κ2) is 3.78. The van der Waals surface area contributed by atoms with Crippen molar-refractivity contribution in [1.29, 1.82) is 0 Å². The van der Waals surface area contributed by atoms with Gasteiger partial charge >= 0.3 is 5.97 Å². The smallest absolute Gasteiger partial charge is 0.338 e. The largest absolute Gasteiger partial charge is 0.478 e. The van der Waals surface area contributed by atoms with E-state index in [-0.39, 0.29) is 5.56 Å². The highest BCUT2D eigenvalue weighted by Gasteiger charge is 2.11. The van der Waals surface area contributed by atoms with Crippen molar-refractivity contribution in [1.82, 2.24) is 4.98 Å². The normalized spacial score (nSPS) is 10.2. The summed E-state index contributed by atoms with van der Waals surface area (Å²) < 4.78 is 13.3. The number of aromatic nitrogens is 1. The first-order valence-electron chi connectivity index (χ1n) is 4.10. The third-order valence-electron chi connectivity index (χ3n) is 1.92. The van der Waals surface area contributed by atoms with Crippen molar-refractivity contribution in [3.63, 3.8) is 0 Å². The quantitative estimate of drug-likeness (QED) is 0.851. The zero-order valence-electron chi connectivity index (χ0n) is 7.48. The molecule has 1 aromatic carbocycles. The Morgan fingerprint density at radius 3 is 2.80 bits per heavy atom. The molecule has 1 heterocycles. The Morgan fingerprint density at radius 1 is 1.47 bits per heavy atom. The van der Waals surface area contributed by atoms with Crippen molar-refractivity contribution >= 4 is 17.3 Å². The summed E-state index contributed by atoms with van der Waals surface area (Å²) in [4.78, 5) is 15.2. The molecule has 0 saturated heterocycles. The summed E-state index contributed by atoms with van der Waals surface area (Å²) in [6.07, 6.45) is 1.61. The van der Waals surface area contributed by atoms with Crippen LogP contribution in [0.5, 0.6) is 0 Å². The molecule has 0 fully saturated rings. The molecule has 0 aliphatic rings. The minimum absolute atomic E-state index is 0.316. The number of carbonyl (C=O) groups is 1. The van der Waals surface area contributed by atoms with Crippen LogP contribution in [-0.2, 0) is 0 Å². The van der Waals surface area contributed by atoms with Crippen LogP contribution >= 0.6 is 11.3 Å². The molecule has 0 aliphatic carbocycles. The number of benzene rings is 1. The van der Waals surface area contributed by atoms with E-state index in [2.05, 4.69) is 4.98 Å². The van der Waals surface area contributed by atoms with Gasteiger partial charge in [0.2, 0.25) is 0 Å². The van der Waals surface area contributed by atoms with Crippen molar-refractivity contribution in [2.75, 3.05) is 0 Å². The molecule has 3 nitrogen and oxygen atoms in total. The molecule has 2 aromatic rings. The molecule has 5 heteroatoms. The first kappa shape index (κ1) is 9.79. The van der Waals surface area contributed by atoms with Gasteiger partial charge in [0.25, 0.3) is 0 Å². The van der Waals surface area contributed by atoms with Crippen LogP contribution < -0.4 is 0 Å². The monoisotopic (exact) mass is 223 g/mol. The summed E-state index contributed by atoms with van der Waals surface area (Å²) in [5.41, 5.74) is 1.96. The fourth-order valence-corrected chi connectivity index (χ4v) is 1.82. The van der Waals surface area contributed by atoms with Crippen LogP contribution in [0.2, 0.25) is 0 Å². The highest BCUT2D eigenvalue weighted by atomic mass is 32.1. The number of nitrogens with zero attached hydrogens (tertiary/aromatic N) is 1. The van der Waals surface area contributed by atoms with E-state index in [0.29, 0.717) is 5.56 Å². The Bertz CT molecular complexity index is 496. The molecule has 1 aromatic heterocycles. The van der Waals surface area contributed by atoms with E-state index in [1.807, 2.05) is 0 Å². The number of rotatable bonds is 2. The Hall–Kier alpha value is -1.75.